The summed E-state index contributed by atoms with van der Waals surface area (Å²) in [6, 6.07) is 16.4. The molecule has 4 nitrogen and oxygen atoms in total. The summed E-state index contributed by atoms with van der Waals surface area (Å²) < 4.78 is 11.1. The molecule has 0 bridgehead atoms. The lowest BCUT2D eigenvalue weighted by Crippen LogP contribution is -2.11. The van der Waals surface area contributed by atoms with Crippen molar-refractivity contribution in [1.82, 2.24) is 4.98 Å². The molecular formula is C21H22N2O2. The molecule has 4 heteroatoms. The third kappa shape index (κ3) is 4.57. The highest BCUT2D eigenvalue weighted by molar-refractivity contribution is 5.56. The lowest BCUT2D eigenvalue weighted by molar-refractivity contribution is 0.283. The molecule has 0 unspecified atom stereocenters. The highest BCUT2D eigenvalue weighted by atomic mass is 16.5. The zero-order chi connectivity index (χ0) is 17.5. The Bertz CT molecular complexity index is 778. The number of hydrogen-bond donors (Lipinski definition) is 1. The second-order valence-electron chi connectivity index (χ2n) is 6.00. The molecule has 0 spiro atoms. The van der Waals surface area contributed by atoms with Gasteiger partial charge >= 0.3 is 0 Å². The number of rotatable bonds is 8. The van der Waals surface area contributed by atoms with Gasteiger partial charge in [-0.2, -0.15) is 0 Å². The smallest absolute Gasteiger partial charge is 0.225 e. The van der Waals surface area contributed by atoms with Crippen LogP contribution < -0.4 is 4.74 Å². The molecule has 0 aliphatic rings. The first-order valence-electron chi connectivity index (χ1n) is 8.49. The maximum Gasteiger partial charge on any atom is 0.225 e. The van der Waals surface area contributed by atoms with Gasteiger partial charge in [0.1, 0.15) is 12.0 Å². The van der Waals surface area contributed by atoms with Crippen LogP contribution in [0.15, 0.2) is 65.4 Å². The van der Waals surface area contributed by atoms with E-state index in [4.69, 9.17) is 14.6 Å². The molecule has 0 aliphatic carbocycles. The summed E-state index contributed by atoms with van der Waals surface area (Å²) >= 11 is 0. The Hall–Kier alpha value is -2.88. The number of nitrogens with zero attached hydrogens (tertiary/aromatic N) is 1. The molecule has 0 saturated heterocycles. The van der Waals surface area contributed by atoms with Crippen LogP contribution in [0.25, 0.3) is 11.5 Å². The number of nitrogens with one attached hydrogen (secondary N) is 1. The van der Waals surface area contributed by atoms with Crippen LogP contribution in [0.5, 0.6) is 5.75 Å². The van der Waals surface area contributed by atoms with Crippen LogP contribution in [-0.4, -0.2) is 17.8 Å². The molecule has 1 atom stereocenters. The van der Waals surface area contributed by atoms with Gasteiger partial charge in [0, 0.05) is 17.7 Å². The molecule has 0 amide bonds. The first kappa shape index (κ1) is 17.0. The van der Waals surface area contributed by atoms with E-state index in [-0.39, 0.29) is 5.92 Å². The molecule has 25 heavy (non-hydrogen) atoms. The lowest BCUT2D eigenvalue weighted by Gasteiger charge is -2.11. The van der Waals surface area contributed by atoms with E-state index >= 15 is 0 Å². The van der Waals surface area contributed by atoms with Crippen molar-refractivity contribution in [3.8, 4) is 17.2 Å². The number of aromatic nitrogens is 1. The first-order chi connectivity index (χ1) is 12.3. The molecule has 0 saturated carbocycles. The maximum atomic E-state index is 7.33. The Balaban J connectivity index is 1.58. The van der Waals surface area contributed by atoms with Gasteiger partial charge in [0.2, 0.25) is 5.89 Å². The average Bonchev–Trinajstić information content (AvgIpc) is 3.19. The molecule has 0 fully saturated rings. The van der Waals surface area contributed by atoms with Crippen LogP contribution in [0.1, 0.15) is 24.5 Å². The van der Waals surface area contributed by atoms with E-state index in [0.29, 0.717) is 12.5 Å². The minimum absolute atomic E-state index is 0.182. The minimum Gasteiger partial charge on any atom is -0.493 e. The topological polar surface area (TPSA) is 59.1 Å². The molecule has 128 valence electrons. The van der Waals surface area contributed by atoms with Gasteiger partial charge in [0.05, 0.1) is 12.8 Å². The van der Waals surface area contributed by atoms with Gasteiger partial charge in [-0.15, -0.1) is 0 Å². The molecule has 2 aromatic carbocycles. The van der Waals surface area contributed by atoms with E-state index in [9.17, 15) is 0 Å². The largest absolute Gasteiger partial charge is 0.493 e. The molecule has 1 heterocycles. The quantitative estimate of drug-likeness (QED) is 0.591. The Labute approximate surface area is 148 Å². The SMILES string of the molecule is CC[C@H](C=N)COc1ccc(Cc2ccc(-c3ncco3)cc2)cc1. The summed E-state index contributed by atoms with van der Waals surface area (Å²) in [4.78, 5) is 4.16. The third-order valence-corrected chi connectivity index (χ3v) is 4.19. The molecule has 0 aliphatic heterocycles. The molecule has 0 radical (unpaired) electrons. The van der Waals surface area contributed by atoms with Gasteiger partial charge in [-0.05, 0) is 48.2 Å². The standard InChI is InChI=1S/C21H22N2O2/c1-2-16(14-22)15-25-20-9-5-18(6-10-20)13-17-3-7-19(8-4-17)21-23-11-12-24-21/h3-12,14,16,22H,2,13,15H2,1H3/t16-/m1/s1. The van der Waals surface area contributed by atoms with E-state index in [2.05, 4.69) is 36.2 Å². The fourth-order valence-electron chi connectivity index (χ4n) is 2.56. The van der Waals surface area contributed by atoms with E-state index in [1.165, 1.54) is 17.3 Å². The third-order valence-electron chi connectivity index (χ3n) is 4.19. The predicted octanol–water partition coefficient (Wildman–Crippen LogP) is 4.99. The molecule has 1 N–H and O–H groups in total. The second-order valence-corrected chi connectivity index (χ2v) is 6.00. The second kappa shape index (κ2) is 8.29. The highest BCUT2D eigenvalue weighted by Crippen LogP contribution is 2.20. The number of hydrogen-bond acceptors (Lipinski definition) is 4. The molecule has 1 aromatic heterocycles. The van der Waals surface area contributed by atoms with Gasteiger partial charge in [-0.3, -0.25) is 0 Å². The van der Waals surface area contributed by atoms with Crippen molar-refractivity contribution in [3.05, 3.63) is 72.1 Å². The van der Waals surface area contributed by atoms with Gasteiger partial charge in [-0.25, -0.2) is 4.98 Å². The van der Waals surface area contributed by atoms with Gasteiger partial charge in [0.15, 0.2) is 0 Å². The Morgan fingerprint density at radius 3 is 2.32 bits per heavy atom. The maximum absolute atomic E-state index is 7.33. The van der Waals surface area contributed by atoms with E-state index in [1.54, 1.807) is 12.5 Å². The molecule has 3 aromatic rings. The van der Waals surface area contributed by atoms with Crippen molar-refractivity contribution in [2.45, 2.75) is 19.8 Å². The lowest BCUT2D eigenvalue weighted by atomic mass is 10.0. The fourth-order valence-corrected chi connectivity index (χ4v) is 2.56. The van der Waals surface area contributed by atoms with Crippen molar-refractivity contribution >= 4 is 6.21 Å². The van der Waals surface area contributed by atoms with Crippen molar-refractivity contribution in [3.63, 3.8) is 0 Å². The van der Waals surface area contributed by atoms with Crippen LogP contribution in [0, 0.1) is 11.3 Å². The summed E-state index contributed by atoms with van der Waals surface area (Å²) in [5, 5.41) is 7.33. The van der Waals surface area contributed by atoms with Crippen molar-refractivity contribution in [1.29, 1.82) is 5.41 Å². The van der Waals surface area contributed by atoms with E-state index in [1.807, 2.05) is 24.3 Å². The number of ether oxygens (including phenoxy) is 1. The summed E-state index contributed by atoms with van der Waals surface area (Å²) in [7, 11) is 0. The highest BCUT2D eigenvalue weighted by Gasteiger charge is 2.05. The minimum atomic E-state index is 0.182. The molecular weight excluding hydrogens is 312 g/mol. The summed E-state index contributed by atoms with van der Waals surface area (Å²) in [6.45, 7) is 2.62. The number of oxazole rings is 1. The zero-order valence-corrected chi connectivity index (χ0v) is 14.3. The van der Waals surface area contributed by atoms with Gasteiger partial charge in [-0.1, -0.05) is 31.2 Å². The normalized spacial score (nSPS) is 11.9. The fraction of sp³-hybridized carbons (Fsp3) is 0.238. The van der Waals surface area contributed by atoms with Crippen molar-refractivity contribution in [2.75, 3.05) is 6.61 Å². The van der Waals surface area contributed by atoms with Crippen molar-refractivity contribution < 1.29 is 9.15 Å². The monoisotopic (exact) mass is 334 g/mol. The van der Waals surface area contributed by atoms with Crippen LogP contribution in [0.3, 0.4) is 0 Å². The number of benzene rings is 2. The first-order valence-corrected chi connectivity index (χ1v) is 8.49. The summed E-state index contributed by atoms with van der Waals surface area (Å²) in [5.41, 5.74) is 3.45. The van der Waals surface area contributed by atoms with Gasteiger partial charge < -0.3 is 14.6 Å². The van der Waals surface area contributed by atoms with Crippen LogP contribution in [0.2, 0.25) is 0 Å². The van der Waals surface area contributed by atoms with E-state index in [0.717, 1.165) is 24.2 Å². The van der Waals surface area contributed by atoms with Gasteiger partial charge in [0.25, 0.3) is 0 Å². The van der Waals surface area contributed by atoms with Crippen LogP contribution >= 0.6 is 0 Å². The van der Waals surface area contributed by atoms with Crippen molar-refractivity contribution in [2.24, 2.45) is 5.92 Å². The van der Waals surface area contributed by atoms with Crippen LogP contribution in [-0.2, 0) is 6.42 Å². The zero-order valence-electron chi connectivity index (χ0n) is 14.3. The Morgan fingerprint density at radius 2 is 1.76 bits per heavy atom. The van der Waals surface area contributed by atoms with Crippen LogP contribution in [0.4, 0.5) is 0 Å². The Kier molecular flexibility index (Phi) is 5.62. The molecule has 3 rings (SSSR count). The van der Waals surface area contributed by atoms with E-state index < -0.39 is 0 Å². The predicted molar refractivity (Wildman–Crippen MR) is 99.2 cm³/mol. The Morgan fingerprint density at radius 1 is 1.08 bits per heavy atom. The average molecular weight is 334 g/mol. The summed E-state index contributed by atoms with van der Waals surface area (Å²) in [6.07, 6.45) is 6.47. The summed E-state index contributed by atoms with van der Waals surface area (Å²) in [5.74, 6) is 1.67.